The summed E-state index contributed by atoms with van der Waals surface area (Å²) in [6.45, 7) is 3.25. The van der Waals surface area contributed by atoms with Crippen molar-refractivity contribution in [1.82, 2.24) is 15.2 Å². The van der Waals surface area contributed by atoms with Crippen LogP contribution in [0, 0.1) is 5.92 Å². The van der Waals surface area contributed by atoms with Gasteiger partial charge in [-0.1, -0.05) is 6.08 Å². The minimum absolute atomic E-state index is 0.152. The van der Waals surface area contributed by atoms with E-state index in [9.17, 15) is 14.0 Å². The molecule has 0 bridgehead atoms. The summed E-state index contributed by atoms with van der Waals surface area (Å²) >= 11 is 1.43. The summed E-state index contributed by atoms with van der Waals surface area (Å²) in [6, 6.07) is 0. The summed E-state index contributed by atoms with van der Waals surface area (Å²) in [4.78, 5) is 33.6. The molecular formula is C19H23FN4O4S. The number of esters is 1. The first-order valence-corrected chi connectivity index (χ1v) is 10.2. The SMILES string of the molecule is CCOC(=O)C1=C(CN2CCC(/C=C/C(=O)O)C(F)C2)NC(c2nccs2)=NC1. The van der Waals surface area contributed by atoms with Crippen LogP contribution in [0.4, 0.5) is 4.39 Å². The van der Waals surface area contributed by atoms with Crippen LogP contribution in [0.15, 0.2) is 40.0 Å². The van der Waals surface area contributed by atoms with E-state index in [2.05, 4.69) is 15.3 Å². The summed E-state index contributed by atoms with van der Waals surface area (Å²) in [7, 11) is 0. The molecule has 0 spiro atoms. The molecule has 0 aromatic carbocycles. The molecule has 2 atom stereocenters. The molecule has 3 rings (SSSR count). The van der Waals surface area contributed by atoms with Gasteiger partial charge in [0.2, 0.25) is 0 Å². The minimum atomic E-state index is -1.18. The highest BCUT2D eigenvalue weighted by Gasteiger charge is 2.30. The number of hydrogen-bond acceptors (Lipinski definition) is 8. The quantitative estimate of drug-likeness (QED) is 0.508. The summed E-state index contributed by atoms with van der Waals surface area (Å²) in [5, 5.41) is 14.5. The number of piperidine rings is 1. The third-order valence-electron chi connectivity index (χ3n) is 4.73. The van der Waals surface area contributed by atoms with Gasteiger partial charge in [-0.15, -0.1) is 11.3 Å². The molecule has 2 aliphatic rings. The van der Waals surface area contributed by atoms with Crippen LogP contribution in [0.1, 0.15) is 18.4 Å². The number of alkyl halides is 1. The van der Waals surface area contributed by atoms with E-state index in [4.69, 9.17) is 9.84 Å². The Labute approximate surface area is 171 Å². The zero-order valence-electron chi connectivity index (χ0n) is 16.0. The number of carbonyl (C=O) groups is 2. The second kappa shape index (κ2) is 9.75. The number of amidine groups is 1. The van der Waals surface area contributed by atoms with Crippen LogP contribution in [-0.2, 0) is 14.3 Å². The van der Waals surface area contributed by atoms with Crippen LogP contribution in [0.5, 0.6) is 0 Å². The van der Waals surface area contributed by atoms with Gasteiger partial charge in [0.1, 0.15) is 6.17 Å². The van der Waals surface area contributed by atoms with Crippen molar-refractivity contribution in [2.75, 3.05) is 32.8 Å². The second-order valence-electron chi connectivity index (χ2n) is 6.71. The molecule has 10 heteroatoms. The van der Waals surface area contributed by atoms with Crippen molar-refractivity contribution < 1.29 is 23.8 Å². The molecule has 0 saturated carbocycles. The van der Waals surface area contributed by atoms with E-state index in [1.54, 1.807) is 13.1 Å². The van der Waals surface area contributed by atoms with Crippen molar-refractivity contribution >= 4 is 29.1 Å². The molecule has 1 aromatic heterocycles. The lowest BCUT2D eigenvalue weighted by Gasteiger charge is -2.34. The van der Waals surface area contributed by atoms with Gasteiger partial charge in [0, 0.05) is 42.4 Å². The molecule has 156 valence electrons. The normalized spacial score (nSPS) is 23.0. The number of ether oxygens (including phenoxy) is 1. The summed E-state index contributed by atoms with van der Waals surface area (Å²) < 4.78 is 19.7. The number of aromatic nitrogens is 1. The lowest BCUT2D eigenvalue weighted by molar-refractivity contribution is -0.138. The Balaban J connectivity index is 1.71. The zero-order chi connectivity index (χ0) is 20.8. The number of allylic oxidation sites excluding steroid dienone is 1. The molecule has 1 fully saturated rings. The number of hydrogen-bond donors (Lipinski definition) is 2. The van der Waals surface area contributed by atoms with E-state index in [1.807, 2.05) is 10.3 Å². The number of aliphatic carboxylic acids is 1. The van der Waals surface area contributed by atoms with E-state index in [1.165, 1.54) is 17.4 Å². The smallest absolute Gasteiger partial charge is 0.337 e. The van der Waals surface area contributed by atoms with Gasteiger partial charge in [-0.3, -0.25) is 9.89 Å². The van der Waals surface area contributed by atoms with Crippen molar-refractivity contribution in [3.63, 3.8) is 0 Å². The van der Waals surface area contributed by atoms with Gasteiger partial charge in [-0.2, -0.15) is 0 Å². The van der Waals surface area contributed by atoms with Gasteiger partial charge in [-0.25, -0.2) is 19.0 Å². The maximum atomic E-state index is 14.5. The molecule has 0 radical (unpaired) electrons. The maximum Gasteiger partial charge on any atom is 0.337 e. The van der Waals surface area contributed by atoms with Crippen LogP contribution >= 0.6 is 11.3 Å². The predicted molar refractivity (Wildman–Crippen MR) is 107 cm³/mol. The van der Waals surface area contributed by atoms with E-state index >= 15 is 0 Å². The number of carbonyl (C=O) groups excluding carboxylic acids is 1. The van der Waals surface area contributed by atoms with E-state index in [0.29, 0.717) is 41.6 Å². The number of carboxylic acid groups (broad SMARTS) is 1. The Morgan fingerprint density at radius 2 is 2.34 bits per heavy atom. The Hall–Kier alpha value is -2.59. The predicted octanol–water partition coefficient (Wildman–Crippen LogP) is 1.61. The number of aliphatic imine (C=N–C) groups is 1. The third-order valence-corrected chi connectivity index (χ3v) is 5.51. The third kappa shape index (κ3) is 5.48. The van der Waals surface area contributed by atoms with Gasteiger partial charge >= 0.3 is 11.9 Å². The molecule has 0 amide bonds. The number of halogens is 1. The molecule has 1 saturated heterocycles. The van der Waals surface area contributed by atoms with Gasteiger partial charge < -0.3 is 15.2 Å². The molecule has 8 nitrogen and oxygen atoms in total. The van der Waals surface area contributed by atoms with Crippen LogP contribution in [0.2, 0.25) is 0 Å². The van der Waals surface area contributed by atoms with Crippen LogP contribution in [0.25, 0.3) is 0 Å². The highest BCUT2D eigenvalue weighted by atomic mass is 32.1. The highest BCUT2D eigenvalue weighted by molar-refractivity contribution is 7.11. The molecule has 0 aliphatic carbocycles. The largest absolute Gasteiger partial charge is 0.478 e. The fourth-order valence-corrected chi connectivity index (χ4v) is 3.89. The number of nitrogens with zero attached hydrogens (tertiary/aromatic N) is 3. The molecule has 2 aliphatic heterocycles. The van der Waals surface area contributed by atoms with Gasteiger partial charge in [0.15, 0.2) is 10.8 Å². The summed E-state index contributed by atoms with van der Waals surface area (Å²) in [5.41, 5.74) is 1.06. The summed E-state index contributed by atoms with van der Waals surface area (Å²) in [6.07, 6.45) is 3.41. The highest BCUT2D eigenvalue weighted by Crippen LogP contribution is 2.24. The van der Waals surface area contributed by atoms with Crippen molar-refractivity contribution in [1.29, 1.82) is 0 Å². The van der Waals surface area contributed by atoms with Gasteiger partial charge in [-0.05, 0) is 19.9 Å². The number of nitrogens with one attached hydrogen (secondary N) is 1. The summed E-state index contributed by atoms with van der Waals surface area (Å²) in [5.74, 6) is -1.36. The number of likely N-dealkylation sites (tertiary alicyclic amines) is 1. The van der Waals surface area contributed by atoms with Crippen LogP contribution < -0.4 is 5.32 Å². The molecule has 1 aromatic rings. The Morgan fingerprint density at radius 3 is 3.00 bits per heavy atom. The Bertz CT molecular complexity index is 837. The lowest BCUT2D eigenvalue weighted by atomic mass is 9.94. The Morgan fingerprint density at radius 1 is 1.52 bits per heavy atom. The molecule has 3 heterocycles. The zero-order valence-corrected chi connectivity index (χ0v) is 16.8. The lowest BCUT2D eigenvalue weighted by Crippen LogP contribution is -2.45. The van der Waals surface area contributed by atoms with E-state index in [0.717, 1.165) is 6.08 Å². The number of thiazole rings is 1. The van der Waals surface area contributed by atoms with Crippen molar-refractivity contribution in [2.45, 2.75) is 19.5 Å². The topological polar surface area (TPSA) is 104 Å². The fraction of sp³-hybridized carbons (Fsp3) is 0.474. The molecular weight excluding hydrogens is 399 g/mol. The van der Waals surface area contributed by atoms with Crippen molar-refractivity contribution in [3.8, 4) is 0 Å². The first-order chi connectivity index (χ1) is 14.0. The molecule has 29 heavy (non-hydrogen) atoms. The van der Waals surface area contributed by atoms with E-state index < -0.39 is 24.0 Å². The maximum absolute atomic E-state index is 14.5. The average Bonchev–Trinajstić information content (AvgIpc) is 3.22. The van der Waals surface area contributed by atoms with Crippen molar-refractivity contribution in [2.24, 2.45) is 10.9 Å². The minimum Gasteiger partial charge on any atom is -0.478 e. The molecule has 2 N–H and O–H groups in total. The van der Waals surface area contributed by atoms with E-state index in [-0.39, 0.29) is 19.7 Å². The Kier molecular flexibility index (Phi) is 7.10. The monoisotopic (exact) mass is 422 g/mol. The van der Waals surface area contributed by atoms with Crippen molar-refractivity contribution in [3.05, 3.63) is 40.0 Å². The second-order valence-corrected chi connectivity index (χ2v) is 7.60. The van der Waals surface area contributed by atoms with Gasteiger partial charge in [0.05, 0.1) is 18.7 Å². The number of rotatable bonds is 7. The average molecular weight is 422 g/mol. The standard InChI is InChI=1S/C19H23FN4O4S/c1-2-28-19(27)13-9-22-17(18-21-6-8-29-18)23-15(13)11-24-7-5-12(14(20)10-24)3-4-16(25)26/h3-4,6,8,12,14H,2,5,7,9-11H2,1H3,(H,22,23)(H,25,26)/b4-3+. The van der Waals surface area contributed by atoms with Crippen LogP contribution in [0.3, 0.4) is 0 Å². The first-order valence-electron chi connectivity index (χ1n) is 9.36. The first kappa shape index (κ1) is 21.1. The van der Waals surface area contributed by atoms with Gasteiger partial charge in [0.25, 0.3) is 0 Å². The van der Waals surface area contributed by atoms with Crippen LogP contribution in [-0.4, -0.2) is 71.7 Å². The molecule has 2 unspecified atom stereocenters. The fourth-order valence-electron chi connectivity index (χ4n) is 3.29. The number of carboxylic acids is 1.